The van der Waals surface area contributed by atoms with Crippen LogP contribution < -0.4 is 14.2 Å². The number of ether oxygens (including phenoxy) is 4. The third-order valence-electron chi connectivity index (χ3n) is 4.90. The quantitative estimate of drug-likeness (QED) is 0.164. The first-order chi connectivity index (χ1) is 17.0. The molecule has 0 aliphatic rings. The van der Waals surface area contributed by atoms with E-state index in [0.717, 1.165) is 18.1 Å². The van der Waals surface area contributed by atoms with Gasteiger partial charge in [-0.05, 0) is 72.6 Å². The SMILES string of the molecule is C=CC(=O)OCCCOc1ccc(C(=O)Oc2ccc(C(=O)Oc3ccc(CC)cc3)cc2)cc1. The van der Waals surface area contributed by atoms with E-state index < -0.39 is 17.9 Å². The van der Waals surface area contributed by atoms with Crippen LogP contribution in [0.1, 0.15) is 39.6 Å². The van der Waals surface area contributed by atoms with E-state index in [0.29, 0.717) is 41.4 Å². The molecule has 7 nitrogen and oxygen atoms in total. The van der Waals surface area contributed by atoms with Crippen LogP contribution in [0.15, 0.2) is 85.5 Å². The Morgan fingerprint density at radius 3 is 1.69 bits per heavy atom. The maximum Gasteiger partial charge on any atom is 0.343 e. The van der Waals surface area contributed by atoms with Gasteiger partial charge in [0.25, 0.3) is 0 Å². The smallest absolute Gasteiger partial charge is 0.343 e. The summed E-state index contributed by atoms with van der Waals surface area (Å²) >= 11 is 0. The Morgan fingerprint density at radius 1 is 0.714 bits per heavy atom. The summed E-state index contributed by atoms with van der Waals surface area (Å²) in [4.78, 5) is 35.7. The zero-order valence-electron chi connectivity index (χ0n) is 19.4. The van der Waals surface area contributed by atoms with Gasteiger partial charge >= 0.3 is 17.9 Å². The fourth-order valence-electron chi connectivity index (χ4n) is 2.95. The van der Waals surface area contributed by atoms with Crippen LogP contribution in [0, 0.1) is 0 Å². The summed E-state index contributed by atoms with van der Waals surface area (Å²) in [6.45, 7) is 5.96. The molecule has 0 heterocycles. The molecular formula is C28H26O7. The summed E-state index contributed by atoms with van der Waals surface area (Å²) in [5, 5.41) is 0. The Labute approximate surface area is 203 Å². The van der Waals surface area contributed by atoms with Gasteiger partial charge in [0, 0.05) is 12.5 Å². The minimum Gasteiger partial charge on any atom is -0.493 e. The van der Waals surface area contributed by atoms with Crippen LogP contribution in [0.2, 0.25) is 0 Å². The highest BCUT2D eigenvalue weighted by atomic mass is 16.5. The van der Waals surface area contributed by atoms with Gasteiger partial charge < -0.3 is 18.9 Å². The number of hydrogen-bond donors (Lipinski definition) is 0. The molecule has 0 N–H and O–H groups in total. The van der Waals surface area contributed by atoms with Gasteiger partial charge in [0.15, 0.2) is 0 Å². The molecule has 3 aromatic carbocycles. The van der Waals surface area contributed by atoms with Crippen LogP contribution in [0.4, 0.5) is 0 Å². The van der Waals surface area contributed by atoms with E-state index in [-0.39, 0.29) is 6.61 Å². The maximum atomic E-state index is 12.4. The first kappa shape index (κ1) is 25.2. The van der Waals surface area contributed by atoms with Crippen molar-refractivity contribution in [3.8, 4) is 17.2 Å². The predicted octanol–water partition coefficient (Wildman–Crippen LogP) is 5.19. The lowest BCUT2D eigenvalue weighted by Gasteiger charge is -2.08. The lowest BCUT2D eigenvalue weighted by Crippen LogP contribution is -2.10. The molecule has 0 aromatic heterocycles. The molecular weight excluding hydrogens is 448 g/mol. The Bertz CT molecular complexity index is 1150. The van der Waals surface area contributed by atoms with E-state index in [4.69, 9.17) is 18.9 Å². The minimum atomic E-state index is -0.542. The average molecular weight is 475 g/mol. The zero-order chi connectivity index (χ0) is 25.0. The molecule has 0 amide bonds. The first-order valence-electron chi connectivity index (χ1n) is 11.1. The molecule has 0 fully saturated rings. The van der Waals surface area contributed by atoms with E-state index in [1.165, 1.54) is 24.3 Å². The lowest BCUT2D eigenvalue weighted by atomic mass is 10.2. The number of benzene rings is 3. The van der Waals surface area contributed by atoms with Gasteiger partial charge in [-0.15, -0.1) is 0 Å². The average Bonchev–Trinajstić information content (AvgIpc) is 2.89. The first-order valence-corrected chi connectivity index (χ1v) is 11.1. The van der Waals surface area contributed by atoms with Crippen molar-refractivity contribution in [3.63, 3.8) is 0 Å². The van der Waals surface area contributed by atoms with Gasteiger partial charge in [-0.3, -0.25) is 0 Å². The molecule has 0 aliphatic heterocycles. The monoisotopic (exact) mass is 474 g/mol. The molecule has 3 aromatic rings. The summed E-state index contributed by atoms with van der Waals surface area (Å²) in [7, 11) is 0. The van der Waals surface area contributed by atoms with Gasteiger partial charge in [-0.2, -0.15) is 0 Å². The second-order valence-electron chi connectivity index (χ2n) is 7.40. The third-order valence-corrected chi connectivity index (χ3v) is 4.90. The number of hydrogen-bond acceptors (Lipinski definition) is 7. The Morgan fingerprint density at radius 2 is 1.20 bits per heavy atom. The van der Waals surface area contributed by atoms with Gasteiger partial charge in [0.1, 0.15) is 17.2 Å². The summed E-state index contributed by atoms with van der Waals surface area (Å²) in [6.07, 6.45) is 2.54. The molecule has 7 heteroatoms. The summed E-state index contributed by atoms with van der Waals surface area (Å²) < 4.78 is 21.2. The van der Waals surface area contributed by atoms with Crippen molar-refractivity contribution in [2.45, 2.75) is 19.8 Å². The molecule has 0 unspecified atom stereocenters. The summed E-state index contributed by atoms with van der Waals surface area (Å²) in [5.41, 5.74) is 1.84. The van der Waals surface area contributed by atoms with Crippen molar-refractivity contribution in [1.82, 2.24) is 0 Å². The van der Waals surface area contributed by atoms with Gasteiger partial charge in [-0.25, -0.2) is 14.4 Å². The number of rotatable bonds is 11. The van der Waals surface area contributed by atoms with Crippen LogP contribution >= 0.6 is 0 Å². The minimum absolute atomic E-state index is 0.234. The van der Waals surface area contributed by atoms with Crippen molar-refractivity contribution < 1.29 is 33.3 Å². The topological polar surface area (TPSA) is 88.1 Å². The number of aryl methyl sites for hydroxylation is 1. The largest absolute Gasteiger partial charge is 0.493 e. The van der Waals surface area contributed by atoms with Gasteiger partial charge in [0.05, 0.1) is 24.3 Å². The highest BCUT2D eigenvalue weighted by molar-refractivity contribution is 5.92. The molecule has 0 saturated carbocycles. The van der Waals surface area contributed by atoms with Crippen molar-refractivity contribution in [3.05, 3.63) is 102 Å². The van der Waals surface area contributed by atoms with E-state index >= 15 is 0 Å². The molecule has 0 saturated heterocycles. The molecule has 0 atom stereocenters. The fraction of sp³-hybridized carbons (Fsp3) is 0.179. The molecule has 180 valence electrons. The molecule has 0 bridgehead atoms. The predicted molar refractivity (Wildman–Crippen MR) is 130 cm³/mol. The van der Waals surface area contributed by atoms with Crippen LogP contribution in [0.5, 0.6) is 17.2 Å². The van der Waals surface area contributed by atoms with Crippen molar-refractivity contribution >= 4 is 17.9 Å². The van der Waals surface area contributed by atoms with E-state index in [9.17, 15) is 14.4 Å². The Kier molecular flexibility index (Phi) is 9.19. The number of carbonyl (C=O) groups is 3. The Hall–Kier alpha value is -4.39. The van der Waals surface area contributed by atoms with Gasteiger partial charge in [0.2, 0.25) is 0 Å². The molecule has 3 rings (SSSR count). The lowest BCUT2D eigenvalue weighted by molar-refractivity contribution is -0.137. The van der Waals surface area contributed by atoms with E-state index in [1.807, 2.05) is 12.1 Å². The molecule has 0 aliphatic carbocycles. The van der Waals surface area contributed by atoms with Crippen molar-refractivity contribution in [2.75, 3.05) is 13.2 Å². The fourth-order valence-corrected chi connectivity index (χ4v) is 2.95. The highest BCUT2D eigenvalue weighted by Gasteiger charge is 2.12. The zero-order valence-corrected chi connectivity index (χ0v) is 19.4. The molecule has 0 radical (unpaired) electrons. The number of carbonyl (C=O) groups excluding carboxylic acids is 3. The maximum absolute atomic E-state index is 12.4. The van der Waals surface area contributed by atoms with Crippen LogP contribution in [0.25, 0.3) is 0 Å². The highest BCUT2D eigenvalue weighted by Crippen LogP contribution is 2.19. The molecule has 35 heavy (non-hydrogen) atoms. The normalized spacial score (nSPS) is 10.2. The summed E-state index contributed by atoms with van der Waals surface area (Å²) in [5.74, 6) is -0.177. The van der Waals surface area contributed by atoms with Crippen LogP contribution in [0.3, 0.4) is 0 Å². The number of esters is 3. The second kappa shape index (κ2) is 12.7. The molecule has 0 spiro atoms. The van der Waals surface area contributed by atoms with Crippen molar-refractivity contribution in [2.24, 2.45) is 0 Å². The second-order valence-corrected chi connectivity index (χ2v) is 7.40. The van der Waals surface area contributed by atoms with Crippen LogP contribution in [-0.4, -0.2) is 31.1 Å². The van der Waals surface area contributed by atoms with Crippen molar-refractivity contribution in [1.29, 1.82) is 0 Å². The summed E-state index contributed by atoms with van der Waals surface area (Å²) in [6, 6.07) is 19.9. The van der Waals surface area contributed by atoms with E-state index in [2.05, 4.69) is 13.5 Å². The Balaban J connectivity index is 1.47. The van der Waals surface area contributed by atoms with Gasteiger partial charge in [-0.1, -0.05) is 25.6 Å². The van der Waals surface area contributed by atoms with Crippen LogP contribution in [-0.2, 0) is 16.0 Å². The van der Waals surface area contributed by atoms with E-state index in [1.54, 1.807) is 36.4 Å². The third kappa shape index (κ3) is 7.85. The standard InChI is InChI=1S/C28H26O7/c1-3-20-6-12-24(13-7-20)34-28(31)22-10-16-25(17-11-22)35-27(30)21-8-14-23(15-9-21)32-18-5-19-33-26(29)4-2/h4,6-17H,2-3,5,18-19H2,1H3.